The summed E-state index contributed by atoms with van der Waals surface area (Å²) in [4.78, 5) is 46.3. The number of anilines is 1. The van der Waals surface area contributed by atoms with Gasteiger partial charge in [0.1, 0.15) is 18.0 Å². The van der Waals surface area contributed by atoms with Crippen molar-refractivity contribution in [2.45, 2.75) is 26.4 Å². The zero-order valence-electron chi connectivity index (χ0n) is 24.0. The Morgan fingerprint density at radius 3 is 2.30 bits per heavy atom. The van der Waals surface area contributed by atoms with Crippen LogP contribution in [0.2, 0.25) is 5.02 Å². The number of benzene rings is 1. The number of hydrazone groups is 1. The molecule has 12 nitrogen and oxygen atoms in total. The molecule has 0 unspecified atom stereocenters. The second-order valence-corrected chi connectivity index (χ2v) is 9.55. The van der Waals surface area contributed by atoms with Crippen molar-refractivity contribution < 1.29 is 32.7 Å². The Morgan fingerprint density at radius 1 is 1.21 bits per heavy atom. The average Bonchev–Trinajstić information content (AvgIpc) is 2.97. The van der Waals surface area contributed by atoms with Crippen molar-refractivity contribution >= 4 is 48.1 Å². The molecule has 43 heavy (non-hydrogen) atoms. The number of carbonyl (C=O) groups is 3. The normalized spacial score (nSPS) is 15.0. The van der Waals surface area contributed by atoms with E-state index in [9.17, 15) is 32.7 Å². The highest BCUT2D eigenvalue weighted by molar-refractivity contribution is 6.33. The summed E-state index contributed by atoms with van der Waals surface area (Å²) in [7, 11) is 1.63. The van der Waals surface area contributed by atoms with Crippen LogP contribution < -0.4 is 16.4 Å². The lowest BCUT2D eigenvalue weighted by atomic mass is 10.1. The molecule has 1 saturated heterocycles. The number of nitrogens with two attached hydrogens (primary N) is 1. The van der Waals surface area contributed by atoms with E-state index in [0.29, 0.717) is 18.2 Å². The third-order valence-corrected chi connectivity index (χ3v) is 6.76. The van der Waals surface area contributed by atoms with Gasteiger partial charge in [-0.3, -0.25) is 14.4 Å². The minimum absolute atomic E-state index is 0.0790. The molecular formula is C27H34ClF3N8O4. The fraction of sp³-hybridized carbons (Fsp3) is 0.370. The number of rotatable bonds is 11. The Hall–Kier alpha value is -4.53. The highest BCUT2D eigenvalue weighted by Gasteiger charge is 2.33. The maximum atomic E-state index is 13.7. The van der Waals surface area contributed by atoms with Crippen LogP contribution in [0.15, 0.2) is 63.3 Å². The van der Waals surface area contributed by atoms with Crippen LogP contribution in [0.3, 0.4) is 0 Å². The van der Waals surface area contributed by atoms with Crippen LogP contribution in [-0.2, 0) is 20.6 Å². The topological polar surface area (TPSA) is 156 Å². The monoisotopic (exact) mass is 626 g/mol. The maximum Gasteiger partial charge on any atom is 0.416 e. The number of hydrogen-bond acceptors (Lipinski definition) is 8. The lowest BCUT2D eigenvalue weighted by molar-refractivity contribution is -0.137. The predicted octanol–water partition coefficient (Wildman–Crippen LogP) is 3.06. The van der Waals surface area contributed by atoms with E-state index >= 15 is 0 Å². The summed E-state index contributed by atoms with van der Waals surface area (Å²) in [6.45, 7) is 10.5. The quantitative estimate of drug-likeness (QED) is 0.0735. The first-order chi connectivity index (χ1) is 20.2. The SMILES string of the molecule is C=NN(CC(=O)Nc1ccc(C(F)(F)F)cc1Cl)C(=O)/C(=C(/CC)NC)N1CCN(C(=O)C(=C)/C(O)=C(/C)N=CN)CC1. The van der Waals surface area contributed by atoms with Gasteiger partial charge in [-0.1, -0.05) is 25.1 Å². The minimum atomic E-state index is -4.61. The van der Waals surface area contributed by atoms with Gasteiger partial charge in [-0.2, -0.15) is 18.3 Å². The molecule has 1 aromatic carbocycles. The molecule has 0 aromatic heterocycles. The Balaban J connectivity index is 2.19. The third kappa shape index (κ3) is 8.73. The second-order valence-electron chi connectivity index (χ2n) is 9.15. The fourth-order valence-electron chi connectivity index (χ4n) is 4.16. The van der Waals surface area contributed by atoms with E-state index in [1.807, 2.05) is 6.92 Å². The van der Waals surface area contributed by atoms with Gasteiger partial charge >= 0.3 is 6.18 Å². The highest BCUT2D eigenvalue weighted by atomic mass is 35.5. The molecule has 0 atom stereocenters. The summed E-state index contributed by atoms with van der Waals surface area (Å²) in [5, 5.41) is 19.8. The molecule has 0 radical (unpaired) electrons. The molecule has 16 heteroatoms. The van der Waals surface area contributed by atoms with Gasteiger partial charge < -0.3 is 31.3 Å². The van der Waals surface area contributed by atoms with Gasteiger partial charge in [0.25, 0.3) is 11.8 Å². The van der Waals surface area contributed by atoms with E-state index in [4.69, 9.17) is 17.3 Å². The molecule has 1 aliphatic heterocycles. The predicted molar refractivity (Wildman–Crippen MR) is 158 cm³/mol. The number of allylic oxidation sites excluding steroid dienone is 2. The van der Waals surface area contributed by atoms with Crippen LogP contribution in [0.4, 0.5) is 18.9 Å². The van der Waals surface area contributed by atoms with Crippen molar-refractivity contribution in [1.29, 1.82) is 0 Å². The average molecular weight is 627 g/mol. The van der Waals surface area contributed by atoms with Gasteiger partial charge in [-0.15, -0.1) is 0 Å². The van der Waals surface area contributed by atoms with Crippen molar-refractivity contribution in [3.8, 4) is 0 Å². The van der Waals surface area contributed by atoms with E-state index in [1.54, 1.807) is 11.9 Å². The number of nitrogens with one attached hydrogen (secondary N) is 2. The van der Waals surface area contributed by atoms with E-state index in [0.717, 1.165) is 23.5 Å². The van der Waals surface area contributed by atoms with Crippen molar-refractivity contribution in [3.63, 3.8) is 0 Å². The summed E-state index contributed by atoms with van der Waals surface area (Å²) in [5.41, 5.74) is 4.87. The van der Waals surface area contributed by atoms with E-state index in [-0.39, 0.29) is 53.9 Å². The van der Waals surface area contributed by atoms with Crippen molar-refractivity contribution in [3.05, 3.63) is 63.8 Å². The maximum absolute atomic E-state index is 13.7. The summed E-state index contributed by atoms with van der Waals surface area (Å²) in [6, 6.07) is 2.46. The molecule has 1 heterocycles. The molecule has 0 bridgehead atoms. The standard InChI is InChI=1S/C27H34ClF3N8O4/c1-6-20(33-4)23(37-9-11-38(12-10-37)25(42)16(2)24(41)17(3)35-15-32)26(43)39(34-5)14-22(40)36-21-8-7-18(13-19(21)28)27(29,30)31/h7-8,13,15,33,41H,2,5-6,9-12,14H2,1,3-4H3,(H2,32,35)(H,36,40)/b23-20+,24-17+. The Labute approximate surface area is 252 Å². The zero-order chi connectivity index (χ0) is 32.5. The molecule has 5 N–H and O–H groups in total. The molecule has 1 aliphatic rings. The van der Waals surface area contributed by atoms with Gasteiger partial charge in [0.05, 0.1) is 33.9 Å². The molecule has 3 amide bonds. The number of amides is 3. The number of aliphatic hydroxyl groups is 1. The van der Waals surface area contributed by atoms with Crippen LogP contribution in [0.5, 0.6) is 0 Å². The Morgan fingerprint density at radius 2 is 1.81 bits per heavy atom. The summed E-state index contributed by atoms with van der Waals surface area (Å²) < 4.78 is 38.8. The summed E-state index contributed by atoms with van der Waals surface area (Å²) >= 11 is 5.93. The lowest BCUT2D eigenvalue weighted by Crippen LogP contribution is -2.51. The van der Waals surface area contributed by atoms with Gasteiger partial charge in [0.15, 0.2) is 0 Å². The molecule has 0 spiro atoms. The van der Waals surface area contributed by atoms with Gasteiger partial charge in [0.2, 0.25) is 5.91 Å². The van der Waals surface area contributed by atoms with Gasteiger partial charge in [-0.05, 0) is 31.5 Å². The molecule has 1 aromatic rings. The van der Waals surface area contributed by atoms with Crippen LogP contribution in [-0.4, -0.2) is 90.5 Å². The molecular weight excluding hydrogens is 593 g/mol. The molecule has 234 valence electrons. The zero-order valence-corrected chi connectivity index (χ0v) is 24.7. The van der Waals surface area contributed by atoms with Crippen LogP contribution in [0.1, 0.15) is 25.8 Å². The number of hydrogen-bond donors (Lipinski definition) is 4. The number of aliphatic imine (C=N–C) groups is 1. The van der Waals surface area contributed by atoms with E-state index in [1.165, 1.54) is 11.8 Å². The van der Waals surface area contributed by atoms with Gasteiger partial charge in [-0.25, -0.2) is 10.0 Å². The van der Waals surface area contributed by atoms with Crippen molar-refractivity contribution in [2.24, 2.45) is 15.8 Å². The first-order valence-corrected chi connectivity index (χ1v) is 13.3. The highest BCUT2D eigenvalue weighted by Crippen LogP contribution is 2.33. The number of piperazine rings is 1. The first kappa shape index (κ1) is 34.7. The Kier molecular flexibility index (Phi) is 12.2. The largest absolute Gasteiger partial charge is 0.505 e. The smallest absolute Gasteiger partial charge is 0.416 e. The Bertz CT molecular complexity index is 1350. The molecule has 0 saturated carbocycles. The minimum Gasteiger partial charge on any atom is -0.505 e. The van der Waals surface area contributed by atoms with Crippen molar-refractivity contribution in [2.75, 3.05) is 45.1 Å². The number of nitrogens with zero attached hydrogens (tertiary/aromatic N) is 5. The van der Waals surface area contributed by atoms with E-state index < -0.39 is 41.8 Å². The number of alkyl halides is 3. The lowest BCUT2D eigenvalue weighted by Gasteiger charge is -2.38. The summed E-state index contributed by atoms with van der Waals surface area (Å²) in [6.07, 6.45) is -3.22. The van der Waals surface area contributed by atoms with Gasteiger partial charge in [0, 0.05) is 45.6 Å². The summed E-state index contributed by atoms with van der Waals surface area (Å²) in [5.74, 6) is -2.36. The van der Waals surface area contributed by atoms with Crippen LogP contribution in [0, 0.1) is 0 Å². The molecule has 1 fully saturated rings. The third-order valence-electron chi connectivity index (χ3n) is 6.45. The number of halogens is 4. The molecule has 2 rings (SSSR count). The number of aliphatic hydroxyl groups excluding tert-OH is 1. The van der Waals surface area contributed by atoms with Crippen molar-refractivity contribution in [1.82, 2.24) is 20.1 Å². The number of carbonyl (C=O) groups excluding carboxylic acids is 3. The fourth-order valence-corrected chi connectivity index (χ4v) is 4.39. The first-order valence-electron chi connectivity index (χ1n) is 12.9. The van der Waals surface area contributed by atoms with Crippen LogP contribution >= 0.6 is 11.6 Å². The molecule has 0 aliphatic carbocycles. The van der Waals surface area contributed by atoms with Crippen LogP contribution in [0.25, 0.3) is 0 Å². The van der Waals surface area contributed by atoms with E-state index in [2.05, 4.69) is 34.0 Å². The second kappa shape index (κ2) is 15.1.